The van der Waals surface area contributed by atoms with Crippen molar-refractivity contribution in [2.75, 3.05) is 6.54 Å². The molecule has 1 aliphatic heterocycles. The van der Waals surface area contributed by atoms with Crippen LogP contribution in [0.15, 0.2) is 0 Å². The van der Waals surface area contributed by atoms with Gasteiger partial charge in [-0.15, -0.1) is 0 Å². The first-order chi connectivity index (χ1) is 4.34. The van der Waals surface area contributed by atoms with Gasteiger partial charge in [-0.1, -0.05) is 6.92 Å². The summed E-state index contributed by atoms with van der Waals surface area (Å²) in [7, 11) is 0. The van der Waals surface area contributed by atoms with Crippen LogP contribution in [-0.4, -0.2) is 18.6 Å². The summed E-state index contributed by atoms with van der Waals surface area (Å²) in [6.45, 7) is 3.21. The third-order valence-corrected chi connectivity index (χ3v) is 2.02. The van der Waals surface area contributed by atoms with Crippen LogP contribution in [0.1, 0.15) is 26.2 Å². The van der Waals surface area contributed by atoms with Crippen molar-refractivity contribution in [1.29, 1.82) is 0 Å². The minimum atomic E-state index is 0.132. The first-order valence-electron chi connectivity index (χ1n) is 3.79. The van der Waals surface area contributed by atoms with Gasteiger partial charge < -0.3 is 5.32 Å². The highest BCUT2D eigenvalue weighted by atomic mass is 15.0. The van der Waals surface area contributed by atoms with E-state index in [-0.39, 0.29) is 6.04 Å². The molecule has 1 heterocycles. The Bertz CT molecular complexity index is 77.0. The van der Waals surface area contributed by atoms with Crippen molar-refractivity contribution in [3.05, 3.63) is 0 Å². The van der Waals surface area contributed by atoms with E-state index in [1.54, 1.807) is 0 Å². The molecule has 1 rings (SSSR count). The Morgan fingerprint density at radius 2 is 2.56 bits per heavy atom. The third-order valence-electron chi connectivity index (χ3n) is 2.02. The van der Waals surface area contributed by atoms with Crippen LogP contribution in [0.25, 0.3) is 0 Å². The molecule has 2 unspecified atom stereocenters. The predicted octanol–water partition coefficient (Wildman–Crippen LogP) is 0.800. The van der Waals surface area contributed by atoms with Crippen molar-refractivity contribution in [3.63, 3.8) is 0 Å². The van der Waals surface area contributed by atoms with Gasteiger partial charge in [0.2, 0.25) is 0 Å². The van der Waals surface area contributed by atoms with Crippen molar-refractivity contribution in [2.45, 2.75) is 38.3 Å². The maximum atomic E-state index is 7.56. The van der Waals surface area contributed by atoms with Gasteiger partial charge >= 0.3 is 0 Å². The maximum absolute atomic E-state index is 7.56. The second-order valence-corrected chi connectivity index (χ2v) is 2.72. The molecule has 0 bridgehead atoms. The Kier molecular flexibility index (Phi) is 2.49. The molecule has 2 N–H and O–H groups in total. The molecular weight excluding hydrogens is 112 g/mol. The van der Waals surface area contributed by atoms with Gasteiger partial charge in [-0.25, -0.2) is 0 Å². The third kappa shape index (κ3) is 1.66. The zero-order chi connectivity index (χ0) is 6.69. The molecule has 1 fully saturated rings. The summed E-state index contributed by atoms with van der Waals surface area (Å²) in [5, 5.41) is 3.32. The molecule has 2 heteroatoms. The lowest BCUT2D eigenvalue weighted by Crippen LogP contribution is -2.35. The van der Waals surface area contributed by atoms with E-state index in [1.165, 1.54) is 12.8 Å². The van der Waals surface area contributed by atoms with Gasteiger partial charge in [0.1, 0.15) is 0 Å². The summed E-state index contributed by atoms with van der Waals surface area (Å²) in [5.41, 5.74) is 7.56. The zero-order valence-electron chi connectivity index (χ0n) is 5.98. The Balaban J connectivity index is 2.24. The van der Waals surface area contributed by atoms with E-state index >= 15 is 0 Å². The van der Waals surface area contributed by atoms with Crippen LogP contribution < -0.4 is 11.1 Å². The van der Waals surface area contributed by atoms with Gasteiger partial charge in [0.25, 0.3) is 0 Å². The topological polar surface area (TPSA) is 35.8 Å². The minimum absolute atomic E-state index is 0.132. The molecular formula is C7H15N2. The monoisotopic (exact) mass is 127 g/mol. The molecule has 0 aromatic carbocycles. The van der Waals surface area contributed by atoms with E-state index in [9.17, 15) is 0 Å². The average molecular weight is 127 g/mol. The SMILES string of the molecule is CCC([NH])C1CCCN1. The van der Waals surface area contributed by atoms with Crippen LogP contribution in [0.5, 0.6) is 0 Å². The highest BCUT2D eigenvalue weighted by Gasteiger charge is 2.19. The van der Waals surface area contributed by atoms with Gasteiger partial charge in [-0.2, -0.15) is 0 Å². The van der Waals surface area contributed by atoms with Crippen LogP contribution in [0.4, 0.5) is 0 Å². The summed E-state index contributed by atoms with van der Waals surface area (Å²) >= 11 is 0. The van der Waals surface area contributed by atoms with E-state index in [2.05, 4.69) is 12.2 Å². The fourth-order valence-corrected chi connectivity index (χ4v) is 1.34. The van der Waals surface area contributed by atoms with Crippen LogP contribution >= 0.6 is 0 Å². The molecule has 0 aromatic heterocycles. The molecule has 0 amide bonds. The van der Waals surface area contributed by atoms with Crippen molar-refractivity contribution in [1.82, 2.24) is 11.1 Å². The van der Waals surface area contributed by atoms with Gasteiger partial charge in [0.05, 0.1) is 0 Å². The zero-order valence-corrected chi connectivity index (χ0v) is 5.98. The largest absolute Gasteiger partial charge is 0.312 e. The second kappa shape index (κ2) is 3.18. The van der Waals surface area contributed by atoms with Crippen LogP contribution in [-0.2, 0) is 0 Å². The standard InChI is InChI=1S/C7H15N2/c1-2-6(8)7-4-3-5-9-7/h6-9H,2-5H2,1H3. The van der Waals surface area contributed by atoms with Gasteiger partial charge in [0.15, 0.2) is 0 Å². The lowest BCUT2D eigenvalue weighted by Gasteiger charge is -2.15. The first kappa shape index (κ1) is 7.03. The fourth-order valence-electron chi connectivity index (χ4n) is 1.34. The highest BCUT2D eigenvalue weighted by Crippen LogP contribution is 2.10. The first-order valence-corrected chi connectivity index (χ1v) is 3.79. The Morgan fingerprint density at radius 3 is 3.00 bits per heavy atom. The Hall–Kier alpha value is -0.0800. The van der Waals surface area contributed by atoms with Crippen molar-refractivity contribution >= 4 is 0 Å². The lowest BCUT2D eigenvalue weighted by molar-refractivity contribution is 0.462. The summed E-state index contributed by atoms with van der Waals surface area (Å²) in [6, 6.07) is 0.627. The molecule has 0 spiro atoms. The van der Waals surface area contributed by atoms with E-state index in [1.807, 2.05) is 0 Å². The molecule has 2 atom stereocenters. The number of nitrogens with one attached hydrogen (secondary N) is 2. The summed E-state index contributed by atoms with van der Waals surface area (Å²) in [4.78, 5) is 0. The predicted molar refractivity (Wildman–Crippen MR) is 38.2 cm³/mol. The number of hydrogen-bond acceptors (Lipinski definition) is 1. The number of rotatable bonds is 2. The van der Waals surface area contributed by atoms with E-state index in [0.29, 0.717) is 6.04 Å². The van der Waals surface area contributed by atoms with Gasteiger partial charge in [0, 0.05) is 12.1 Å². The Labute approximate surface area is 56.8 Å². The molecule has 0 aromatic rings. The normalized spacial score (nSPS) is 30.7. The molecule has 0 saturated carbocycles. The van der Waals surface area contributed by atoms with Gasteiger partial charge in [-0.3, -0.25) is 5.73 Å². The molecule has 2 nitrogen and oxygen atoms in total. The average Bonchev–Trinajstić information content (AvgIpc) is 2.37. The lowest BCUT2D eigenvalue weighted by atomic mass is 10.1. The van der Waals surface area contributed by atoms with Crippen LogP contribution in [0, 0.1) is 0 Å². The maximum Gasteiger partial charge on any atom is 0.0363 e. The smallest absolute Gasteiger partial charge is 0.0363 e. The van der Waals surface area contributed by atoms with E-state index in [4.69, 9.17) is 5.73 Å². The molecule has 1 aliphatic rings. The fraction of sp³-hybridized carbons (Fsp3) is 1.00. The molecule has 1 saturated heterocycles. The van der Waals surface area contributed by atoms with Crippen molar-refractivity contribution in [3.8, 4) is 0 Å². The summed E-state index contributed by atoms with van der Waals surface area (Å²) in [5.74, 6) is 0. The highest BCUT2D eigenvalue weighted by molar-refractivity contribution is 4.82. The van der Waals surface area contributed by atoms with E-state index in [0.717, 1.165) is 13.0 Å². The molecule has 1 radical (unpaired) electrons. The summed E-state index contributed by atoms with van der Waals surface area (Å²) in [6.07, 6.45) is 3.46. The van der Waals surface area contributed by atoms with E-state index < -0.39 is 0 Å². The van der Waals surface area contributed by atoms with Crippen molar-refractivity contribution in [2.24, 2.45) is 0 Å². The quantitative estimate of drug-likeness (QED) is 0.585. The summed E-state index contributed by atoms with van der Waals surface area (Å²) < 4.78 is 0. The van der Waals surface area contributed by atoms with Crippen molar-refractivity contribution < 1.29 is 0 Å². The van der Waals surface area contributed by atoms with Crippen LogP contribution in [0.2, 0.25) is 0 Å². The van der Waals surface area contributed by atoms with Gasteiger partial charge in [-0.05, 0) is 25.8 Å². The Morgan fingerprint density at radius 1 is 1.78 bits per heavy atom. The molecule has 0 aliphatic carbocycles. The second-order valence-electron chi connectivity index (χ2n) is 2.72. The molecule has 9 heavy (non-hydrogen) atoms. The van der Waals surface area contributed by atoms with Crippen LogP contribution in [0.3, 0.4) is 0 Å². The molecule has 53 valence electrons. The number of hydrogen-bond donors (Lipinski definition) is 1. The minimum Gasteiger partial charge on any atom is -0.312 e.